The van der Waals surface area contributed by atoms with Crippen LogP contribution in [0.3, 0.4) is 0 Å². The zero-order valence-corrected chi connectivity index (χ0v) is 11.5. The highest BCUT2D eigenvalue weighted by Crippen LogP contribution is 2.27. The summed E-state index contributed by atoms with van der Waals surface area (Å²) in [5.41, 5.74) is 2.80. The molecule has 2 N–H and O–H groups in total. The fourth-order valence-corrected chi connectivity index (χ4v) is 2.50. The molecule has 0 saturated carbocycles. The van der Waals surface area contributed by atoms with E-state index in [1.54, 1.807) is 4.90 Å². The molecule has 0 aliphatic carbocycles. The SMILES string of the molecule is Cc1cc(C)c(NC(=O)N2CCNCC2)c(Cl)c1. The Bertz CT molecular complexity index is 433. The van der Waals surface area contributed by atoms with Gasteiger partial charge in [-0.25, -0.2) is 4.79 Å². The van der Waals surface area contributed by atoms with E-state index in [1.807, 2.05) is 26.0 Å². The molecule has 18 heavy (non-hydrogen) atoms. The standard InChI is InChI=1S/C13H18ClN3O/c1-9-7-10(2)12(11(14)8-9)16-13(18)17-5-3-15-4-6-17/h7-8,15H,3-6H2,1-2H3,(H,16,18). The number of hydrogen-bond donors (Lipinski definition) is 2. The summed E-state index contributed by atoms with van der Waals surface area (Å²) in [7, 11) is 0. The van der Waals surface area contributed by atoms with Crippen LogP contribution in [0.25, 0.3) is 0 Å². The first kappa shape index (κ1) is 13.2. The van der Waals surface area contributed by atoms with Crippen LogP contribution in [0.15, 0.2) is 12.1 Å². The van der Waals surface area contributed by atoms with Crippen LogP contribution in [0.5, 0.6) is 0 Å². The van der Waals surface area contributed by atoms with Gasteiger partial charge in [0, 0.05) is 26.2 Å². The monoisotopic (exact) mass is 267 g/mol. The van der Waals surface area contributed by atoms with Gasteiger partial charge >= 0.3 is 6.03 Å². The molecule has 4 nitrogen and oxygen atoms in total. The van der Waals surface area contributed by atoms with Crippen LogP contribution < -0.4 is 10.6 Å². The number of piperazine rings is 1. The molecular formula is C13H18ClN3O. The van der Waals surface area contributed by atoms with E-state index in [4.69, 9.17) is 11.6 Å². The number of nitrogens with zero attached hydrogens (tertiary/aromatic N) is 1. The Balaban J connectivity index is 2.11. The maximum Gasteiger partial charge on any atom is 0.321 e. The van der Waals surface area contributed by atoms with Gasteiger partial charge in [-0.1, -0.05) is 17.7 Å². The van der Waals surface area contributed by atoms with Crippen molar-refractivity contribution in [3.8, 4) is 0 Å². The number of urea groups is 1. The average molecular weight is 268 g/mol. The Hall–Kier alpha value is -1.26. The summed E-state index contributed by atoms with van der Waals surface area (Å²) in [4.78, 5) is 13.9. The van der Waals surface area contributed by atoms with Gasteiger partial charge in [0.2, 0.25) is 0 Å². The van der Waals surface area contributed by atoms with Crippen LogP contribution in [0.1, 0.15) is 11.1 Å². The Morgan fingerprint density at radius 1 is 1.33 bits per heavy atom. The third-order valence-corrected chi connectivity index (χ3v) is 3.37. The van der Waals surface area contributed by atoms with Crippen LogP contribution in [-0.4, -0.2) is 37.1 Å². The van der Waals surface area contributed by atoms with Gasteiger partial charge in [-0.05, 0) is 31.0 Å². The van der Waals surface area contributed by atoms with E-state index in [9.17, 15) is 4.79 Å². The molecule has 98 valence electrons. The van der Waals surface area contributed by atoms with E-state index in [-0.39, 0.29) is 6.03 Å². The van der Waals surface area contributed by atoms with Crippen molar-refractivity contribution in [3.63, 3.8) is 0 Å². The van der Waals surface area contributed by atoms with Crippen LogP contribution >= 0.6 is 11.6 Å². The number of carbonyl (C=O) groups excluding carboxylic acids is 1. The van der Waals surface area contributed by atoms with Gasteiger partial charge in [-0.15, -0.1) is 0 Å². The van der Waals surface area contributed by atoms with Crippen LogP contribution in [0.2, 0.25) is 5.02 Å². The molecule has 1 aliphatic rings. The third kappa shape index (κ3) is 2.94. The molecule has 0 atom stereocenters. The highest BCUT2D eigenvalue weighted by molar-refractivity contribution is 6.34. The van der Waals surface area contributed by atoms with E-state index in [2.05, 4.69) is 10.6 Å². The van der Waals surface area contributed by atoms with Crippen molar-refractivity contribution < 1.29 is 4.79 Å². The predicted molar refractivity (Wildman–Crippen MR) is 74.4 cm³/mol. The van der Waals surface area contributed by atoms with Crippen molar-refractivity contribution in [3.05, 3.63) is 28.3 Å². The Kier molecular flexibility index (Phi) is 4.09. The molecule has 0 radical (unpaired) electrons. The first-order valence-electron chi connectivity index (χ1n) is 6.11. The van der Waals surface area contributed by atoms with E-state index < -0.39 is 0 Å². The zero-order valence-electron chi connectivity index (χ0n) is 10.7. The fourth-order valence-electron chi connectivity index (χ4n) is 2.13. The Morgan fingerprint density at radius 3 is 2.61 bits per heavy atom. The molecule has 5 heteroatoms. The number of benzene rings is 1. The minimum atomic E-state index is -0.0784. The highest BCUT2D eigenvalue weighted by atomic mass is 35.5. The van der Waals surface area contributed by atoms with E-state index >= 15 is 0 Å². The molecule has 0 aromatic heterocycles. The summed E-state index contributed by atoms with van der Waals surface area (Å²) in [6, 6.07) is 3.80. The van der Waals surface area contributed by atoms with Crippen LogP contribution in [0, 0.1) is 13.8 Å². The average Bonchev–Trinajstić information content (AvgIpc) is 2.34. The molecule has 0 bridgehead atoms. The molecule has 1 saturated heterocycles. The van der Waals surface area contributed by atoms with Crippen molar-refractivity contribution in [2.24, 2.45) is 0 Å². The van der Waals surface area contributed by atoms with Crippen molar-refractivity contribution in [2.75, 3.05) is 31.5 Å². The first-order chi connectivity index (χ1) is 8.58. The number of anilines is 1. The largest absolute Gasteiger partial charge is 0.322 e. The number of amides is 2. The van der Waals surface area contributed by atoms with Crippen LogP contribution in [-0.2, 0) is 0 Å². The molecule has 1 aromatic carbocycles. The Labute approximate surface area is 112 Å². The van der Waals surface area contributed by atoms with Crippen LogP contribution in [0.4, 0.5) is 10.5 Å². The predicted octanol–water partition coefficient (Wildman–Crippen LogP) is 2.39. The number of hydrogen-bond acceptors (Lipinski definition) is 2. The molecule has 1 fully saturated rings. The second kappa shape index (κ2) is 5.59. The van der Waals surface area contributed by atoms with Crippen molar-refractivity contribution in [2.45, 2.75) is 13.8 Å². The maximum atomic E-state index is 12.1. The fraction of sp³-hybridized carbons (Fsp3) is 0.462. The van der Waals surface area contributed by atoms with Gasteiger partial charge in [0.1, 0.15) is 0 Å². The Morgan fingerprint density at radius 2 is 2.00 bits per heavy atom. The lowest BCUT2D eigenvalue weighted by Gasteiger charge is -2.28. The molecule has 1 aliphatic heterocycles. The van der Waals surface area contributed by atoms with Gasteiger partial charge in [-0.2, -0.15) is 0 Å². The van der Waals surface area contributed by atoms with E-state index in [0.717, 1.165) is 37.3 Å². The van der Waals surface area contributed by atoms with Crippen molar-refractivity contribution >= 4 is 23.3 Å². The molecule has 2 rings (SSSR count). The second-order valence-electron chi connectivity index (χ2n) is 4.61. The second-order valence-corrected chi connectivity index (χ2v) is 5.01. The van der Waals surface area contributed by atoms with Crippen molar-refractivity contribution in [1.29, 1.82) is 0 Å². The minimum Gasteiger partial charge on any atom is -0.322 e. The number of nitrogens with one attached hydrogen (secondary N) is 2. The lowest BCUT2D eigenvalue weighted by molar-refractivity contribution is 0.204. The summed E-state index contributed by atoms with van der Waals surface area (Å²) in [5, 5.41) is 6.71. The van der Waals surface area contributed by atoms with E-state index in [1.165, 1.54) is 0 Å². The zero-order chi connectivity index (χ0) is 13.1. The number of halogens is 1. The lowest BCUT2D eigenvalue weighted by Crippen LogP contribution is -2.48. The summed E-state index contributed by atoms with van der Waals surface area (Å²) >= 11 is 6.17. The summed E-state index contributed by atoms with van der Waals surface area (Å²) in [6.45, 7) is 7.08. The molecule has 0 unspecified atom stereocenters. The van der Waals surface area contributed by atoms with Gasteiger partial charge in [0.25, 0.3) is 0 Å². The molecule has 0 spiro atoms. The molecule has 1 aromatic rings. The minimum absolute atomic E-state index is 0.0784. The number of rotatable bonds is 1. The van der Waals surface area contributed by atoms with Gasteiger partial charge in [-0.3, -0.25) is 0 Å². The van der Waals surface area contributed by atoms with Gasteiger partial charge in [0.15, 0.2) is 0 Å². The first-order valence-corrected chi connectivity index (χ1v) is 6.49. The molecule has 2 amide bonds. The smallest absolute Gasteiger partial charge is 0.321 e. The quantitative estimate of drug-likeness (QED) is 0.821. The summed E-state index contributed by atoms with van der Waals surface area (Å²) in [6.07, 6.45) is 0. The van der Waals surface area contributed by atoms with E-state index in [0.29, 0.717) is 10.7 Å². The van der Waals surface area contributed by atoms with Gasteiger partial charge in [0.05, 0.1) is 10.7 Å². The molecular weight excluding hydrogens is 250 g/mol. The number of aryl methyl sites for hydroxylation is 2. The normalized spacial score (nSPS) is 15.6. The lowest BCUT2D eigenvalue weighted by atomic mass is 10.1. The van der Waals surface area contributed by atoms with Crippen molar-refractivity contribution in [1.82, 2.24) is 10.2 Å². The number of carbonyl (C=O) groups is 1. The summed E-state index contributed by atoms with van der Waals surface area (Å²) < 4.78 is 0. The highest BCUT2D eigenvalue weighted by Gasteiger charge is 2.17. The third-order valence-electron chi connectivity index (χ3n) is 3.07. The van der Waals surface area contributed by atoms with Gasteiger partial charge < -0.3 is 15.5 Å². The molecule has 1 heterocycles. The topological polar surface area (TPSA) is 44.4 Å². The maximum absolute atomic E-state index is 12.1. The summed E-state index contributed by atoms with van der Waals surface area (Å²) in [5.74, 6) is 0.